The smallest absolute Gasteiger partial charge is 0.270 e. The van der Waals surface area contributed by atoms with Crippen molar-refractivity contribution in [3.8, 4) is 11.6 Å². The monoisotopic (exact) mass is 240 g/mol. The van der Waals surface area contributed by atoms with Gasteiger partial charge in [-0.1, -0.05) is 29.3 Å². The van der Waals surface area contributed by atoms with Gasteiger partial charge in [0.2, 0.25) is 5.15 Å². The van der Waals surface area contributed by atoms with E-state index in [-0.39, 0.29) is 0 Å². The van der Waals surface area contributed by atoms with Gasteiger partial charge in [-0.3, -0.25) is 0 Å². The fourth-order valence-corrected chi connectivity index (χ4v) is 1.86. The largest absolute Gasteiger partial charge is 0.435 e. The van der Waals surface area contributed by atoms with Crippen LogP contribution in [-0.4, -0.2) is 8.75 Å². The first-order valence-electron chi connectivity index (χ1n) is 4.40. The first-order chi connectivity index (χ1) is 7.16. The van der Waals surface area contributed by atoms with Crippen molar-refractivity contribution < 1.29 is 4.74 Å². The fraction of sp³-hybridized carbons (Fsp3) is 0.200. The van der Waals surface area contributed by atoms with E-state index in [4.69, 9.17) is 16.3 Å². The number of hydrogen-bond acceptors (Lipinski definition) is 4. The number of aromatic nitrogens is 2. The summed E-state index contributed by atoms with van der Waals surface area (Å²) in [6.45, 7) is 4.02. The molecule has 3 nitrogen and oxygen atoms in total. The van der Waals surface area contributed by atoms with E-state index in [1.807, 2.05) is 32.0 Å². The SMILES string of the molecule is Cc1ccc(Oc2nsnc2Cl)c(C)c1. The van der Waals surface area contributed by atoms with Crippen LogP contribution >= 0.6 is 23.3 Å². The molecule has 0 unspecified atom stereocenters. The number of rotatable bonds is 2. The van der Waals surface area contributed by atoms with Crippen molar-refractivity contribution in [3.05, 3.63) is 34.5 Å². The molecule has 2 aromatic rings. The Kier molecular flexibility index (Phi) is 2.88. The fourth-order valence-electron chi connectivity index (χ4n) is 1.25. The molecule has 1 heterocycles. The lowest BCUT2D eigenvalue weighted by Gasteiger charge is -2.06. The molecule has 0 aliphatic rings. The molecule has 1 aromatic heterocycles. The molecule has 0 amide bonds. The van der Waals surface area contributed by atoms with E-state index < -0.39 is 0 Å². The van der Waals surface area contributed by atoms with Crippen LogP contribution in [0.15, 0.2) is 18.2 Å². The van der Waals surface area contributed by atoms with Crippen LogP contribution in [0.3, 0.4) is 0 Å². The molecular weight excluding hydrogens is 232 g/mol. The third-order valence-corrected chi connectivity index (χ3v) is 2.82. The van der Waals surface area contributed by atoms with Crippen LogP contribution in [0.5, 0.6) is 11.6 Å². The molecule has 0 bridgehead atoms. The number of benzene rings is 1. The highest BCUT2D eigenvalue weighted by atomic mass is 35.5. The third kappa shape index (κ3) is 2.27. The minimum atomic E-state index is 0.306. The van der Waals surface area contributed by atoms with Gasteiger partial charge in [0, 0.05) is 0 Å². The Balaban J connectivity index is 2.29. The van der Waals surface area contributed by atoms with Gasteiger partial charge in [-0.15, -0.1) is 4.37 Å². The Morgan fingerprint density at radius 3 is 2.67 bits per heavy atom. The van der Waals surface area contributed by atoms with Gasteiger partial charge >= 0.3 is 0 Å². The van der Waals surface area contributed by atoms with Crippen LogP contribution in [0, 0.1) is 13.8 Å². The predicted molar refractivity (Wildman–Crippen MR) is 60.9 cm³/mol. The zero-order valence-electron chi connectivity index (χ0n) is 8.32. The van der Waals surface area contributed by atoms with Crippen LogP contribution in [0.2, 0.25) is 5.15 Å². The summed E-state index contributed by atoms with van der Waals surface area (Å²) in [5, 5.41) is 0.306. The topological polar surface area (TPSA) is 35.0 Å². The molecule has 0 radical (unpaired) electrons. The standard InChI is InChI=1S/C10H9ClN2OS/c1-6-3-4-8(7(2)5-6)14-10-9(11)12-15-13-10/h3-5H,1-2H3. The third-order valence-electron chi connectivity index (χ3n) is 1.96. The molecule has 0 saturated carbocycles. The Morgan fingerprint density at radius 2 is 2.07 bits per heavy atom. The Morgan fingerprint density at radius 1 is 1.27 bits per heavy atom. The first-order valence-corrected chi connectivity index (χ1v) is 5.51. The van der Waals surface area contributed by atoms with Gasteiger partial charge in [0.15, 0.2) is 0 Å². The summed E-state index contributed by atoms with van der Waals surface area (Å²) in [6.07, 6.45) is 0. The summed E-state index contributed by atoms with van der Waals surface area (Å²) in [7, 11) is 0. The molecule has 15 heavy (non-hydrogen) atoms. The van der Waals surface area contributed by atoms with Crippen LogP contribution in [-0.2, 0) is 0 Å². The highest BCUT2D eigenvalue weighted by molar-refractivity contribution is 6.99. The van der Waals surface area contributed by atoms with E-state index in [1.54, 1.807) is 0 Å². The van der Waals surface area contributed by atoms with E-state index in [0.29, 0.717) is 11.0 Å². The second-order valence-electron chi connectivity index (χ2n) is 3.23. The second-order valence-corrected chi connectivity index (χ2v) is 4.12. The zero-order chi connectivity index (χ0) is 10.8. The maximum absolute atomic E-state index is 5.79. The average molecular weight is 241 g/mol. The first kappa shape index (κ1) is 10.4. The van der Waals surface area contributed by atoms with Gasteiger partial charge in [0.05, 0.1) is 11.7 Å². The van der Waals surface area contributed by atoms with E-state index in [9.17, 15) is 0 Å². The van der Waals surface area contributed by atoms with Crippen LogP contribution in [0.4, 0.5) is 0 Å². The summed E-state index contributed by atoms with van der Waals surface area (Å²) in [6, 6.07) is 5.93. The van der Waals surface area contributed by atoms with Crippen molar-refractivity contribution in [2.24, 2.45) is 0 Å². The molecular formula is C10H9ClN2OS. The van der Waals surface area contributed by atoms with Gasteiger partial charge in [-0.05, 0) is 25.5 Å². The van der Waals surface area contributed by atoms with Crippen LogP contribution < -0.4 is 4.74 Å². The number of aryl methyl sites for hydroxylation is 2. The normalized spacial score (nSPS) is 10.3. The maximum Gasteiger partial charge on any atom is 0.270 e. The Bertz CT molecular complexity index is 484. The van der Waals surface area contributed by atoms with Crippen LogP contribution in [0.25, 0.3) is 0 Å². The summed E-state index contributed by atoms with van der Waals surface area (Å²) < 4.78 is 13.3. The summed E-state index contributed by atoms with van der Waals surface area (Å²) >= 11 is 6.82. The van der Waals surface area contributed by atoms with Crippen LogP contribution in [0.1, 0.15) is 11.1 Å². The highest BCUT2D eigenvalue weighted by Gasteiger charge is 2.09. The summed E-state index contributed by atoms with van der Waals surface area (Å²) in [5.74, 6) is 1.13. The van der Waals surface area contributed by atoms with Gasteiger partial charge in [-0.2, -0.15) is 4.37 Å². The molecule has 5 heteroatoms. The van der Waals surface area contributed by atoms with Gasteiger partial charge < -0.3 is 4.74 Å². The van der Waals surface area contributed by atoms with E-state index >= 15 is 0 Å². The minimum absolute atomic E-state index is 0.306. The van der Waals surface area contributed by atoms with Crippen molar-refractivity contribution in [1.29, 1.82) is 0 Å². The zero-order valence-corrected chi connectivity index (χ0v) is 9.89. The number of hydrogen-bond donors (Lipinski definition) is 0. The summed E-state index contributed by atoms with van der Waals surface area (Å²) in [5.41, 5.74) is 2.25. The Hall–Kier alpha value is -1.13. The lowest BCUT2D eigenvalue weighted by atomic mass is 10.1. The van der Waals surface area contributed by atoms with Crippen molar-refractivity contribution in [3.63, 3.8) is 0 Å². The number of nitrogens with zero attached hydrogens (tertiary/aromatic N) is 2. The van der Waals surface area contributed by atoms with E-state index in [2.05, 4.69) is 8.75 Å². The minimum Gasteiger partial charge on any atom is -0.435 e. The van der Waals surface area contributed by atoms with E-state index in [1.165, 1.54) is 5.56 Å². The maximum atomic E-state index is 5.79. The lowest BCUT2D eigenvalue weighted by Crippen LogP contribution is -1.88. The molecule has 1 aromatic carbocycles. The second kappa shape index (κ2) is 4.16. The van der Waals surface area contributed by atoms with Gasteiger partial charge in [0.25, 0.3) is 5.88 Å². The van der Waals surface area contributed by atoms with Crippen molar-refractivity contribution >= 4 is 23.3 Å². The molecule has 0 atom stereocenters. The van der Waals surface area contributed by atoms with Crippen molar-refractivity contribution in [1.82, 2.24) is 8.75 Å². The predicted octanol–water partition coefficient (Wildman–Crippen LogP) is 3.60. The van der Waals surface area contributed by atoms with Gasteiger partial charge in [0.1, 0.15) is 5.75 Å². The number of halogens is 1. The van der Waals surface area contributed by atoms with Gasteiger partial charge in [-0.25, -0.2) is 0 Å². The lowest BCUT2D eigenvalue weighted by molar-refractivity contribution is 0.464. The number of ether oxygens (including phenoxy) is 1. The molecule has 0 N–H and O–H groups in total. The Labute approximate surface area is 97.0 Å². The molecule has 0 spiro atoms. The molecule has 0 fully saturated rings. The molecule has 0 saturated heterocycles. The molecule has 2 rings (SSSR count). The average Bonchev–Trinajstić information content (AvgIpc) is 2.57. The molecule has 0 aliphatic heterocycles. The molecule has 78 valence electrons. The van der Waals surface area contributed by atoms with Crippen molar-refractivity contribution in [2.75, 3.05) is 0 Å². The molecule has 0 aliphatic carbocycles. The van der Waals surface area contributed by atoms with Crippen molar-refractivity contribution in [2.45, 2.75) is 13.8 Å². The van der Waals surface area contributed by atoms with E-state index in [0.717, 1.165) is 23.0 Å². The summed E-state index contributed by atoms with van der Waals surface area (Å²) in [4.78, 5) is 0. The highest BCUT2D eigenvalue weighted by Crippen LogP contribution is 2.29. The quantitative estimate of drug-likeness (QED) is 0.805.